The molecule has 1 heterocycles. The number of alkyl halides is 3. The minimum Gasteiger partial charge on any atom is -0.480 e. The molecule has 1 aliphatic heterocycles. The third-order valence-corrected chi connectivity index (χ3v) is 3.52. The minimum absolute atomic E-state index is 0.0696. The van der Waals surface area contributed by atoms with E-state index >= 15 is 0 Å². The van der Waals surface area contributed by atoms with Crippen LogP contribution in [0.2, 0.25) is 0 Å². The Morgan fingerprint density at radius 3 is 2.15 bits per heavy atom. The van der Waals surface area contributed by atoms with Crippen LogP contribution in [0.15, 0.2) is 0 Å². The molecule has 0 bridgehead atoms. The summed E-state index contributed by atoms with van der Waals surface area (Å²) in [6.07, 6.45) is -5.11. The fourth-order valence-corrected chi connectivity index (χ4v) is 2.17. The molecule has 0 saturated carbocycles. The lowest BCUT2D eigenvalue weighted by Crippen LogP contribution is -2.58. The molecule has 1 aliphatic rings. The van der Waals surface area contributed by atoms with Crippen LogP contribution in [0.4, 0.5) is 13.2 Å². The molecule has 1 rings (SSSR count). The third-order valence-electron chi connectivity index (χ3n) is 3.52. The summed E-state index contributed by atoms with van der Waals surface area (Å²) in [5.41, 5.74) is -3.44. The van der Waals surface area contributed by atoms with Gasteiger partial charge in [-0.3, -0.25) is 4.79 Å². The lowest BCUT2D eigenvalue weighted by atomic mass is 9.82. The van der Waals surface area contributed by atoms with E-state index in [1.165, 1.54) is 0 Å². The van der Waals surface area contributed by atoms with Crippen LogP contribution in [0.25, 0.3) is 0 Å². The minimum atomic E-state index is -4.72. The average molecular weight is 296 g/mol. The van der Waals surface area contributed by atoms with Gasteiger partial charge in [-0.15, -0.1) is 0 Å². The van der Waals surface area contributed by atoms with Crippen LogP contribution >= 0.6 is 0 Å². The number of hydrogen-bond donors (Lipinski definition) is 3. The maximum atomic E-state index is 13.2. The summed E-state index contributed by atoms with van der Waals surface area (Å²) in [4.78, 5) is 23.2. The van der Waals surface area contributed by atoms with Crippen LogP contribution in [0, 0.1) is 10.8 Å². The molecule has 1 amide bonds. The van der Waals surface area contributed by atoms with E-state index in [-0.39, 0.29) is 6.54 Å². The van der Waals surface area contributed by atoms with E-state index in [1.807, 2.05) is 5.32 Å². The molecule has 0 aromatic heterocycles. The van der Waals surface area contributed by atoms with Gasteiger partial charge >= 0.3 is 12.1 Å². The first-order chi connectivity index (χ1) is 8.92. The predicted octanol–water partition coefficient (Wildman–Crippen LogP) is 1.14. The Morgan fingerprint density at radius 2 is 1.85 bits per heavy atom. The van der Waals surface area contributed by atoms with Crippen LogP contribution in [-0.4, -0.2) is 42.3 Å². The van der Waals surface area contributed by atoms with E-state index in [1.54, 1.807) is 20.8 Å². The maximum absolute atomic E-state index is 13.2. The summed E-state index contributed by atoms with van der Waals surface area (Å²) in [5.74, 6) is -2.63. The topological polar surface area (TPSA) is 78.4 Å². The molecule has 8 heteroatoms. The molecule has 0 aromatic carbocycles. The second kappa shape index (κ2) is 5.23. The van der Waals surface area contributed by atoms with Gasteiger partial charge < -0.3 is 15.7 Å². The van der Waals surface area contributed by atoms with Gasteiger partial charge in [-0.2, -0.15) is 13.2 Å². The molecular formula is C12H19F3N2O3. The van der Waals surface area contributed by atoms with Crippen LogP contribution in [0.1, 0.15) is 27.2 Å². The number of carbonyl (C=O) groups is 2. The SMILES string of the molecule is CC(C)(C)[C@H](NC(=O)C1(C(F)(F)F)CCNC1)C(=O)O. The first-order valence-corrected chi connectivity index (χ1v) is 6.23. The van der Waals surface area contributed by atoms with E-state index < -0.39 is 47.9 Å². The average Bonchev–Trinajstić information content (AvgIpc) is 2.72. The van der Waals surface area contributed by atoms with Gasteiger partial charge in [0.15, 0.2) is 5.41 Å². The summed E-state index contributed by atoms with van der Waals surface area (Å²) in [5, 5.41) is 13.6. The van der Waals surface area contributed by atoms with Gasteiger partial charge in [0.25, 0.3) is 0 Å². The van der Waals surface area contributed by atoms with Crippen molar-refractivity contribution in [1.29, 1.82) is 0 Å². The zero-order valence-corrected chi connectivity index (χ0v) is 11.6. The highest BCUT2D eigenvalue weighted by atomic mass is 19.4. The number of nitrogens with one attached hydrogen (secondary N) is 2. The molecule has 116 valence electrons. The van der Waals surface area contributed by atoms with Crippen molar-refractivity contribution in [2.24, 2.45) is 10.8 Å². The number of halogens is 3. The lowest BCUT2D eigenvalue weighted by Gasteiger charge is -2.34. The Balaban J connectivity index is 3.01. The summed E-state index contributed by atoms with van der Waals surface area (Å²) in [6.45, 7) is 4.16. The first kappa shape index (κ1) is 16.7. The highest BCUT2D eigenvalue weighted by molar-refractivity contribution is 5.89. The van der Waals surface area contributed by atoms with E-state index in [4.69, 9.17) is 5.11 Å². The van der Waals surface area contributed by atoms with Crippen molar-refractivity contribution in [2.75, 3.05) is 13.1 Å². The number of rotatable bonds is 3. The van der Waals surface area contributed by atoms with Gasteiger partial charge in [0.05, 0.1) is 0 Å². The Morgan fingerprint density at radius 1 is 1.30 bits per heavy atom. The molecule has 1 unspecified atom stereocenters. The second-order valence-corrected chi connectivity index (χ2v) is 6.12. The number of carboxylic acids is 1. The van der Waals surface area contributed by atoms with Crippen molar-refractivity contribution >= 4 is 11.9 Å². The molecular weight excluding hydrogens is 277 g/mol. The van der Waals surface area contributed by atoms with Gasteiger partial charge in [0.2, 0.25) is 5.91 Å². The Labute approximate surface area is 114 Å². The number of amides is 1. The zero-order chi connectivity index (χ0) is 15.8. The Hall–Kier alpha value is -1.31. The first-order valence-electron chi connectivity index (χ1n) is 6.23. The van der Waals surface area contributed by atoms with Crippen LogP contribution in [0.3, 0.4) is 0 Å². The van der Waals surface area contributed by atoms with Crippen molar-refractivity contribution in [3.05, 3.63) is 0 Å². The van der Waals surface area contributed by atoms with E-state index in [0.29, 0.717) is 0 Å². The normalized spacial score (nSPS) is 25.3. The van der Waals surface area contributed by atoms with Crippen LogP contribution in [0.5, 0.6) is 0 Å². The molecule has 5 nitrogen and oxygen atoms in total. The molecule has 0 radical (unpaired) electrons. The molecule has 0 spiro atoms. The van der Waals surface area contributed by atoms with Gasteiger partial charge in [-0.05, 0) is 18.4 Å². The highest BCUT2D eigenvalue weighted by Crippen LogP contribution is 2.43. The van der Waals surface area contributed by atoms with Gasteiger partial charge in [-0.25, -0.2) is 4.79 Å². The van der Waals surface area contributed by atoms with Crippen LogP contribution < -0.4 is 10.6 Å². The summed E-state index contributed by atoms with van der Waals surface area (Å²) in [7, 11) is 0. The quantitative estimate of drug-likeness (QED) is 0.730. The second-order valence-electron chi connectivity index (χ2n) is 6.12. The fraction of sp³-hybridized carbons (Fsp3) is 0.833. The van der Waals surface area contributed by atoms with E-state index in [9.17, 15) is 22.8 Å². The Bertz CT molecular complexity index is 396. The highest BCUT2D eigenvalue weighted by Gasteiger charge is 2.62. The summed E-state index contributed by atoms with van der Waals surface area (Å²) < 4.78 is 39.5. The lowest BCUT2D eigenvalue weighted by molar-refractivity contribution is -0.217. The molecule has 1 fully saturated rings. The van der Waals surface area contributed by atoms with Gasteiger partial charge in [0.1, 0.15) is 6.04 Å². The smallest absolute Gasteiger partial charge is 0.404 e. The van der Waals surface area contributed by atoms with E-state index in [0.717, 1.165) is 0 Å². The molecule has 2 atom stereocenters. The van der Waals surface area contributed by atoms with Gasteiger partial charge in [0, 0.05) is 6.54 Å². The van der Waals surface area contributed by atoms with Crippen molar-refractivity contribution in [1.82, 2.24) is 10.6 Å². The summed E-state index contributed by atoms with van der Waals surface area (Å²) >= 11 is 0. The monoisotopic (exact) mass is 296 g/mol. The number of hydrogen-bond acceptors (Lipinski definition) is 3. The zero-order valence-electron chi connectivity index (χ0n) is 11.6. The Kier molecular flexibility index (Phi) is 4.38. The predicted molar refractivity (Wildman–Crippen MR) is 65.0 cm³/mol. The maximum Gasteiger partial charge on any atom is 0.404 e. The van der Waals surface area contributed by atoms with Crippen LogP contribution in [-0.2, 0) is 9.59 Å². The van der Waals surface area contributed by atoms with Crippen molar-refractivity contribution in [3.63, 3.8) is 0 Å². The standard InChI is InChI=1S/C12H19F3N2O3/c1-10(2,3)7(8(18)19)17-9(20)11(12(13,14)15)4-5-16-6-11/h7,16H,4-6H2,1-3H3,(H,17,20)(H,18,19)/t7-,11?/m1/s1. The van der Waals surface area contributed by atoms with E-state index in [2.05, 4.69) is 5.32 Å². The fourth-order valence-electron chi connectivity index (χ4n) is 2.17. The number of carbonyl (C=O) groups excluding carboxylic acids is 1. The van der Waals surface area contributed by atoms with Crippen molar-refractivity contribution < 1.29 is 27.9 Å². The number of aliphatic carboxylic acids is 1. The largest absolute Gasteiger partial charge is 0.480 e. The molecule has 20 heavy (non-hydrogen) atoms. The molecule has 3 N–H and O–H groups in total. The van der Waals surface area contributed by atoms with Crippen molar-refractivity contribution in [3.8, 4) is 0 Å². The van der Waals surface area contributed by atoms with Crippen molar-refractivity contribution in [2.45, 2.75) is 39.4 Å². The molecule has 1 saturated heterocycles. The van der Waals surface area contributed by atoms with Gasteiger partial charge in [-0.1, -0.05) is 20.8 Å². The summed E-state index contributed by atoms with van der Waals surface area (Å²) in [6, 6.07) is -1.38. The molecule has 0 aliphatic carbocycles. The third kappa shape index (κ3) is 3.05. The molecule has 0 aromatic rings. The number of carboxylic acid groups (broad SMARTS) is 1.